The van der Waals surface area contributed by atoms with Gasteiger partial charge in [-0.3, -0.25) is 9.69 Å². The number of amides is 1. The largest absolute Gasteiger partial charge is 0.486 e. The van der Waals surface area contributed by atoms with E-state index in [0.29, 0.717) is 23.1 Å². The van der Waals surface area contributed by atoms with Gasteiger partial charge in [-0.2, -0.15) is 11.8 Å². The normalized spacial score (nSPS) is 14.4. The Morgan fingerprint density at radius 2 is 1.90 bits per heavy atom. The van der Waals surface area contributed by atoms with Gasteiger partial charge < -0.3 is 10.1 Å². The molecule has 1 aromatic heterocycles. The molecule has 4 rings (SSSR count). The summed E-state index contributed by atoms with van der Waals surface area (Å²) >= 11 is 9.29. The van der Waals surface area contributed by atoms with Crippen LogP contribution in [0.5, 0.6) is 5.75 Å². The number of ether oxygens (including phenoxy) is 1. The van der Waals surface area contributed by atoms with Crippen LogP contribution in [-0.2, 0) is 13.2 Å². The zero-order chi connectivity index (χ0) is 20.8. The number of hydrogen-bond acceptors (Lipinski definition) is 6. The van der Waals surface area contributed by atoms with Crippen LogP contribution in [0.1, 0.15) is 21.1 Å². The second-order valence-corrected chi connectivity index (χ2v) is 9.47. The van der Waals surface area contributed by atoms with Gasteiger partial charge in [0.15, 0.2) is 0 Å². The molecule has 2 heterocycles. The summed E-state index contributed by atoms with van der Waals surface area (Å²) in [5.74, 6) is 2.83. The average Bonchev–Trinajstić information content (AvgIpc) is 3.25. The predicted octanol–water partition coefficient (Wildman–Crippen LogP) is 5.18. The van der Waals surface area contributed by atoms with Crippen LogP contribution in [0, 0.1) is 0 Å². The second kappa shape index (κ2) is 10.3. The van der Waals surface area contributed by atoms with E-state index in [1.807, 2.05) is 42.1 Å². The molecule has 0 spiro atoms. The standard InChI is InChI=1S/C22H22ClN3O2S2/c23-17-5-7-18(8-6-17)28-14-21-24-20(15-30-21)22(27)25-19-4-2-1-3-16(19)13-26-9-11-29-12-10-26/h1-8,15H,9-14H2,(H,25,27). The van der Waals surface area contributed by atoms with Gasteiger partial charge in [0.05, 0.1) is 0 Å². The first-order valence-electron chi connectivity index (χ1n) is 9.69. The van der Waals surface area contributed by atoms with Gasteiger partial charge in [0, 0.05) is 47.2 Å². The third-order valence-corrected chi connectivity index (χ3v) is 6.74. The predicted molar refractivity (Wildman–Crippen MR) is 125 cm³/mol. The lowest BCUT2D eigenvalue weighted by Crippen LogP contribution is -2.32. The van der Waals surface area contributed by atoms with Crippen LogP contribution in [0.15, 0.2) is 53.9 Å². The molecular weight excluding hydrogens is 438 g/mol. The smallest absolute Gasteiger partial charge is 0.275 e. The molecule has 1 fully saturated rings. The van der Waals surface area contributed by atoms with Crippen molar-refractivity contribution in [1.29, 1.82) is 0 Å². The number of anilines is 1. The Kier molecular flexibility index (Phi) is 7.28. The minimum absolute atomic E-state index is 0.203. The van der Waals surface area contributed by atoms with Gasteiger partial charge in [-0.15, -0.1) is 11.3 Å². The van der Waals surface area contributed by atoms with E-state index in [2.05, 4.69) is 21.3 Å². The van der Waals surface area contributed by atoms with Gasteiger partial charge >= 0.3 is 0 Å². The number of halogens is 1. The van der Waals surface area contributed by atoms with Crippen molar-refractivity contribution in [3.63, 3.8) is 0 Å². The lowest BCUT2D eigenvalue weighted by Gasteiger charge is -2.27. The van der Waals surface area contributed by atoms with E-state index in [9.17, 15) is 4.79 Å². The van der Waals surface area contributed by atoms with E-state index in [1.165, 1.54) is 11.3 Å². The number of thioether (sulfide) groups is 1. The fourth-order valence-corrected chi connectivity index (χ4v) is 4.91. The Morgan fingerprint density at radius 1 is 1.13 bits per heavy atom. The number of carbonyl (C=O) groups is 1. The van der Waals surface area contributed by atoms with Gasteiger partial charge in [-0.05, 0) is 35.9 Å². The van der Waals surface area contributed by atoms with E-state index in [-0.39, 0.29) is 5.91 Å². The third-order valence-electron chi connectivity index (χ3n) is 4.72. The van der Waals surface area contributed by atoms with Crippen molar-refractivity contribution in [3.8, 4) is 5.75 Å². The van der Waals surface area contributed by atoms with E-state index < -0.39 is 0 Å². The lowest BCUT2D eigenvalue weighted by molar-refractivity contribution is 0.102. The quantitative estimate of drug-likeness (QED) is 0.527. The molecule has 156 valence electrons. The van der Waals surface area contributed by atoms with Crippen molar-refractivity contribution in [2.24, 2.45) is 0 Å². The molecule has 1 amide bonds. The van der Waals surface area contributed by atoms with Crippen LogP contribution in [0.3, 0.4) is 0 Å². The van der Waals surface area contributed by atoms with E-state index in [4.69, 9.17) is 16.3 Å². The molecule has 1 saturated heterocycles. The first-order chi connectivity index (χ1) is 14.7. The molecule has 5 nitrogen and oxygen atoms in total. The molecule has 8 heteroatoms. The number of hydrogen-bond donors (Lipinski definition) is 1. The van der Waals surface area contributed by atoms with Crippen molar-refractivity contribution >= 4 is 46.3 Å². The van der Waals surface area contributed by atoms with Crippen LogP contribution in [0.25, 0.3) is 0 Å². The first kappa shape index (κ1) is 21.2. The minimum Gasteiger partial charge on any atom is -0.486 e. The molecule has 1 N–H and O–H groups in total. The molecule has 30 heavy (non-hydrogen) atoms. The molecule has 0 bridgehead atoms. The van der Waals surface area contributed by atoms with Gasteiger partial charge in [0.1, 0.15) is 23.1 Å². The Balaban J connectivity index is 1.37. The third kappa shape index (κ3) is 5.76. The van der Waals surface area contributed by atoms with E-state index in [1.54, 1.807) is 17.5 Å². The van der Waals surface area contributed by atoms with E-state index >= 15 is 0 Å². The van der Waals surface area contributed by atoms with Crippen molar-refractivity contribution in [3.05, 3.63) is 75.2 Å². The fourth-order valence-electron chi connectivity index (χ4n) is 3.12. The zero-order valence-corrected chi connectivity index (χ0v) is 18.7. The summed E-state index contributed by atoms with van der Waals surface area (Å²) in [5.41, 5.74) is 2.37. The Morgan fingerprint density at radius 3 is 2.70 bits per heavy atom. The van der Waals surface area contributed by atoms with Crippen LogP contribution in [0.4, 0.5) is 5.69 Å². The number of nitrogens with one attached hydrogen (secondary N) is 1. The van der Waals surface area contributed by atoms with Crippen LogP contribution >= 0.6 is 34.7 Å². The highest BCUT2D eigenvalue weighted by Gasteiger charge is 2.16. The summed E-state index contributed by atoms with van der Waals surface area (Å²) in [5, 5.41) is 6.20. The Labute approximate surface area is 189 Å². The minimum atomic E-state index is -0.203. The first-order valence-corrected chi connectivity index (χ1v) is 12.1. The number of para-hydroxylation sites is 1. The Bertz CT molecular complexity index is 988. The number of carbonyl (C=O) groups excluding carboxylic acids is 1. The highest BCUT2D eigenvalue weighted by Crippen LogP contribution is 2.22. The number of nitrogens with zero attached hydrogens (tertiary/aromatic N) is 2. The molecule has 0 aliphatic carbocycles. The summed E-state index contributed by atoms with van der Waals surface area (Å²) < 4.78 is 5.71. The van der Waals surface area contributed by atoms with Crippen molar-refractivity contribution in [1.82, 2.24) is 9.88 Å². The highest BCUT2D eigenvalue weighted by molar-refractivity contribution is 7.99. The molecule has 0 unspecified atom stereocenters. The number of thiazole rings is 1. The topological polar surface area (TPSA) is 54.5 Å². The number of benzene rings is 2. The molecule has 2 aromatic carbocycles. The van der Waals surface area contributed by atoms with E-state index in [0.717, 1.165) is 47.4 Å². The summed E-state index contributed by atoms with van der Waals surface area (Å²) in [6.07, 6.45) is 0. The maximum atomic E-state index is 12.7. The van der Waals surface area contributed by atoms with Crippen LogP contribution in [0.2, 0.25) is 5.02 Å². The molecular formula is C22H22ClN3O2S2. The monoisotopic (exact) mass is 459 g/mol. The summed E-state index contributed by atoms with van der Waals surface area (Å²) in [6, 6.07) is 15.1. The number of aromatic nitrogens is 1. The fraction of sp³-hybridized carbons (Fsp3) is 0.273. The van der Waals surface area contributed by atoms with Crippen molar-refractivity contribution in [2.75, 3.05) is 29.9 Å². The van der Waals surface area contributed by atoms with Gasteiger partial charge in [0.25, 0.3) is 5.91 Å². The molecule has 0 atom stereocenters. The van der Waals surface area contributed by atoms with Gasteiger partial charge in [-0.1, -0.05) is 29.8 Å². The summed E-state index contributed by atoms with van der Waals surface area (Å²) in [6.45, 7) is 3.31. The summed E-state index contributed by atoms with van der Waals surface area (Å²) in [4.78, 5) is 19.6. The van der Waals surface area contributed by atoms with Crippen LogP contribution in [-0.4, -0.2) is 40.4 Å². The molecule has 3 aromatic rings. The second-order valence-electron chi connectivity index (χ2n) is 6.87. The molecule has 0 radical (unpaired) electrons. The average molecular weight is 460 g/mol. The molecule has 1 aliphatic heterocycles. The zero-order valence-electron chi connectivity index (χ0n) is 16.3. The van der Waals surface area contributed by atoms with Crippen molar-refractivity contribution < 1.29 is 9.53 Å². The van der Waals surface area contributed by atoms with Crippen molar-refractivity contribution in [2.45, 2.75) is 13.2 Å². The summed E-state index contributed by atoms with van der Waals surface area (Å²) in [7, 11) is 0. The maximum absolute atomic E-state index is 12.7. The Hall–Kier alpha value is -2.06. The maximum Gasteiger partial charge on any atom is 0.275 e. The highest BCUT2D eigenvalue weighted by atomic mass is 35.5. The lowest BCUT2D eigenvalue weighted by atomic mass is 10.1. The van der Waals surface area contributed by atoms with Gasteiger partial charge in [-0.25, -0.2) is 4.98 Å². The molecule has 0 saturated carbocycles. The van der Waals surface area contributed by atoms with Crippen LogP contribution < -0.4 is 10.1 Å². The van der Waals surface area contributed by atoms with Gasteiger partial charge in [0.2, 0.25) is 0 Å². The number of rotatable bonds is 7. The molecule has 1 aliphatic rings. The SMILES string of the molecule is O=C(Nc1ccccc1CN1CCSCC1)c1csc(COc2ccc(Cl)cc2)n1.